The maximum Gasteiger partial charge on any atom is 0.186 e. The second kappa shape index (κ2) is 2.91. The van der Waals surface area contributed by atoms with Gasteiger partial charge in [-0.2, -0.15) is 10.5 Å². The zero-order valence-corrected chi connectivity index (χ0v) is 5.87. The summed E-state index contributed by atoms with van der Waals surface area (Å²) in [6.07, 6.45) is 0. The molecule has 0 amide bonds. The number of halogens is 1. The fourth-order valence-corrected chi connectivity index (χ4v) is 0.615. The molecule has 0 aliphatic carbocycles. The molecule has 0 atom stereocenters. The quantitative estimate of drug-likeness (QED) is 0.551. The first kappa shape index (κ1) is 7.39. The van der Waals surface area contributed by atoms with Gasteiger partial charge in [0.1, 0.15) is 17.2 Å². The SMILES string of the molecule is N#Cc1nnnc(C#N)c1Cl. The van der Waals surface area contributed by atoms with Gasteiger partial charge in [-0.1, -0.05) is 11.6 Å². The lowest BCUT2D eigenvalue weighted by molar-refractivity contribution is 0.844. The average Bonchev–Trinajstić information content (AvgIpc) is 2.05. The van der Waals surface area contributed by atoms with Crippen LogP contribution in [0.5, 0.6) is 0 Å². The summed E-state index contributed by atoms with van der Waals surface area (Å²) in [6, 6.07) is 3.35. The molecule has 0 radical (unpaired) electrons. The average molecular weight is 166 g/mol. The Morgan fingerprint density at radius 3 is 1.91 bits per heavy atom. The lowest BCUT2D eigenvalue weighted by Crippen LogP contribution is -1.96. The van der Waals surface area contributed by atoms with Crippen LogP contribution in [0, 0.1) is 22.7 Å². The van der Waals surface area contributed by atoms with Crippen molar-refractivity contribution in [1.82, 2.24) is 15.4 Å². The molecule has 52 valence electrons. The molecule has 0 aliphatic heterocycles. The van der Waals surface area contributed by atoms with Crippen molar-refractivity contribution in [3.05, 3.63) is 16.4 Å². The lowest BCUT2D eigenvalue weighted by atomic mass is 10.4. The normalized spacial score (nSPS) is 8.27. The van der Waals surface area contributed by atoms with Crippen LogP contribution >= 0.6 is 11.6 Å². The van der Waals surface area contributed by atoms with Crippen molar-refractivity contribution in [1.29, 1.82) is 10.5 Å². The van der Waals surface area contributed by atoms with E-state index in [9.17, 15) is 0 Å². The molecule has 0 fully saturated rings. The summed E-state index contributed by atoms with van der Waals surface area (Å²) in [6.45, 7) is 0. The summed E-state index contributed by atoms with van der Waals surface area (Å²) in [5, 5.41) is 26.4. The lowest BCUT2D eigenvalue weighted by Gasteiger charge is -1.90. The molecule has 6 heteroatoms. The summed E-state index contributed by atoms with van der Waals surface area (Å²) in [4.78, 5) is 0. The minimum atomic E-state index is -0.0850. The van der Waals surface area contributed by atoms with Gasteiger partial charge in [0.25, 0.3) is 0 Å². The van der Waals surface area contributed by atoms with Crippen LogP contribution < -0.4 is 0 Å². The first-order valence-electron chi connectivity index (χ1n) is 2.48. The molecule has 0 saturated carbocycles. The number of nitrogens with zero attached hydrogens (tertiary/aromatic N) is 5. The number of aromatic nitrogens is 3. The van der Waals surface area contributed by atoms with Gasteiger partial charge in [-0.05, 0) is 5.21 Å². The van der Waals surface area contributed by atoms with Gasteiger partial charge >= 0.3 is 0 Å². The highest BCUT2D eigenvalue weighted by molar-refractivity contribution is 6.32. The third-order valence-electron chi connectivity index (χ3n) is 0.917. The highest BCUT2D eigenvalue weighted by atomic mass is 35.5. The number of nitriles is 2. The third kappa shape index (κ3) is 1.23. The van der Waals surface area contributed by atoms with Crippen molar-refractivity contribution in [2.24, 2.45) is 0 Å². The van der Waals surface area contributed by atoms with E-state index in [0.717, 1.165) is 0 Å². The Hall–Kier alpha value is -1.72. The maximum absolute atomic E-state index is 8.36. The van der Waals surface area contributed by atoms with E-state index in [4.69, 9.17) is 22.1 Å². The fraction of sp³-hybridized carbons (Fsp3) is 0. The topological polar surface area (TPSA) is 86.2 Å². The number of hydrogen-bond donors (Lipinski definition) is 0. The smallest absolute Gasteiger partial charge is 0.186 e. The van der Waals surface area contributed by atoms with Gasteiger partial charge < -0.3 is 0 Å². The molecule has 1 aromatic heterocycles. The van der Waals surface area contributed by atoms with Crippen molar-refractivity contribution in [3.63, 3.8) is 0 Å². The van der Waals surface area contributed by atoms with E-state index in [1.165, 1.54) is 0 Å². The maximum atomic E-state index is 8.36. The summed E-state index contributed by atoms with van der Waals surface area (Å²) in [5.74, 6) is 0. The molecule has 0 bridgehead atoms. The second-order valence-electron chi connectivity index (χ2n) is 1.52. The van der Waals surface area contributed by atoms with Crippen molar-refractivity contribution >= 4 is 11.6 Å². The molecule has 11 heavy (non-hydrogen) atoms. The predicted octanol–water partition coefficient (Wildman–Crippen LogP) is 0.268. The molecular formula is C5ClN5. The monoisotopic (exact) mass is 165 g/mol. The molecule has 0 aromatic carbocycles. The fourth-order valence-electron chi connectivity index (χ4n) is 0.455. The van der Waals surface area contributed by atoms with Crippen LogP contribution in [0.4, 0.5) is 0 Å². The van der Waals surface area contributed by atoms with Crippen LogP contribution in [0.25, 0.3) is 0 Å². The van der Waals surface area contributed by atoms with Gasteiger partial charge in [-0.25, -0.2) is 0 Å². The molecule has 1 rings (SSSR count). The number of rotatable bonds is 0. The van der Waals surface area contributed by atoms with E-state index < -0.39 is 0 Å². The van der Waals surface area contributed by atoms with Crippen LogP contribution in [0.3, 0.4) is 0 Å². The Morgan fingerprint density at radius 1 is 1.09 bits per heavy atom. The molecular weight excluding hydrogens is 166 g/mol. The Bertz CT molecular complexity index is 328. The van der Waals surface area contributed by atoms with E-state index in [1.54, 1.807) is 12.1 Å². The highest BCUT2D eigenvalue weighted by Crippen LogP contribution is 2.13. The second-order valence-corrected chi connectivity index (χ2v) is 1.90. The Labute approximate surface area is 66.8 Å². The van der Waals surface area contributed by atoms with Gasteiger partial charge in [0.2, 0.25) is 0 Å². The highest BCUT2D eigenvalue weighted by Gasteiger charge is 2.07. The minimum absolute atomic E-state index is 0.0509. The molecule has 1 heterocycles. The molecule has 0 aliphatic rings. The summed E-state index contributed by atoms with van der Waals surface area (Å²) >= 11 is 5.50. The van der Waals surface area contributed by atoms with Crippen LogP contribution in [-0.4, -0.2) is 15.4 Å². The Balaban J connectivity index is 3.38. The van der Waals surface area contributed by atoms with Gasteiger partial charge in [-0.3, -0.25) is 0 Å². The van der Waals surface area contributed by atoms with Crippen LogP contribution in [-0.2, 0) is 0 Å². The summed E-state index contributed by atoms with van der Waals surface area (Å²) in [7, 11) is 0. The number of hydrogen-bond acceptors (Lipinski definition) is 5. The van der Waals surface area contributed by atoms with Gasteiger partial charge in [0, 0.05) is 0 Å². The van der Waals surface area contributed by atoms with Crippen LogP contribution in [0.15, 0.2) is 0 Å². The largest absolute Gasteiger partial charge is 0.191 e. The molecule has 0 saturated heterocycles. The predicted molar refractivity (Wildman–Crippen MR) is 34.3 cm³/mol. The van der Waals surface area contributed by atoms with E-state index in [-0.39, 0.29) is 16.4 Å². The van der Waals surface area contributed by atoms with Gasteiger partial charge in [-0.15, -0.1) is 10.2 Å². The van der Waals surface area contributed by atoms with Crippen molar-refractivity contribution in [3.8, 4) is 12.1 Å². The first-order valence-corrected chi connectivity index (χ1v) is 2.86. The Kier molecular flexibility index (Phi) is 1.95. The van der Waals surface area contributed by atoms with Crippen molar-refractivity contribution in [2.45, 2.75) is 0 Å². The molecule has 1 aromatic rings. The van der Waals surface area contributed by atoms with E-state index in [0.29, 0.717) is 0 Å². The zero-order chi connectivity index (χ0) is 8.27. The first-order chi connectivity index (χ1) is 5.29. The zero-order valence-electron chi connectivity index (χ0n) is 5.11. The summed E-state index contributed by atoms with van der Waals surface area (Å²) in [5.41, 5.74) is -0.170. The van der Waals surface area contributed by atoms with Gasteiger partial charge in [0.05, 0.1) is 0 Å². The van der Waals surface area contributed by atoms with E-state index >= 15 is 0 Å². The van der Waals surface area contributed by atoms with E-state index in [1.807, 2.05) is 0 Å². The van der Waals surface area contributed by atoms with Gasteiger partial charge in [0.15, 0.2) is 11.4 Å². The molecule has 0 N–H and O–H groups in total. The Morgan fingerprint density at radius 2 is 1.55 bits per heavy atom. The molecule has 0 unspecified atom stereocenters. The standard InChI is InChI=1S/C5ClN5/c6-5-3(1-7)9-11-10-4(5)2-8. The molecule has 5 nitrogen and oxygen atoms in total. The minimum Gasteiger partial charge on any atom is -0.191 e. The van der Waals surface area contributed by atoms with Crippen LogP contribution in [0.1, 0.15) is 11.4 Å². The van der Waals surface area contributed by atoms with Crippen molar-refractivity contribution < 1.29 is 0 Å². The molecule has 0 spiro atoms. The van der Waals surface area contributed by atoms with Crippen molar-refractivity contribution in [2.75, 3.05) is 0 Å². The van der Waals surface area contributed by atoms with E-state index in [2.05, 4.69) is 15.4 Å². The van der Waals surface area contributed by atoms with Crippen LogP contribution in [0.2, 0.25) is 5.02 Å². The third-order valence-corrected chi connectivity index (χ3v) is 1.28. The summed E-state index contributed by atoms with van der Waals surface area (Å²) < 4.78 is 0.